The predicted octanol–water partition coefficient (Wildman–Crippen LogP) is 1.52. The van der Waals surface area contributed by atoms with Crippen molar-refractivity contribution in [3.8, 4) is 0 Å². The van der Waals surface area contributed by atoms with Crippen molar-refractivity contribution in [3.63, 3.8) is 0 Å². The largest absolute Gasteiger partial charge is 0.380 e. The van der Waals surface area contributed by atoms with Gasteiger partial charge in [-0.3, -0.25) is 0 Å². The van der Waals surface area contributed by atoms with Crippen LogP contribution in [0.4, 0.5) is 0 Å². The van der Waals surface area contributed by atoms with E-state index in [-0.39, 0.29) is 24.9 Å². The van der Waals surface area contributed by atoms with E-state index in [1.165, 1.54) is 0 Å². The number of halogens is 1. The second kappa shape index (κ2) is 8.87. The molecule has 8 nitrogen and oxygen atoms in total. The summed E-state index contributed by atoms with van der Waals surface area (Å²) < 4.78 is 35.2. The maximum Gasteiger partial charge on any atom is 0.243 e. The number of fused-ring (bicyclic) bond motifs is 1. The van der Waals surface area contributed by atoms with Crippen LogP contribution in [0, 0.1) is 0 Å². The zero-order chi connectivity index (χ0) is 18.9. The highest BCUT2D eigenvalue weighted by Gasteiger charge is 2.33. The fourth-order valence-corrected chi connectivity index (χ4v) is 5.62. The summed E-state index contributed by atoms with van der Waals surface area (Å²) in [5.41, 5.74) is 0.696. The molecule has 2 aromatic rings. The zero-order valence-corrected chi connectivity index (χ0v) is 17.5. The van der Waals surface area contributed by atoms with Crippen molar-refractivity contribution < 1.29 is 13.2 Å². The molecule has 1 saturated heterocycles. The van der Waals surface area contributed by atoms with Crippen LogP contribution in [-0.2, 0) is 34.5 Å². The van der Waals surface area contributed by atoms with Crippen molar-refractivity contribution >= 4 is 22.4 Å². The van der Waals surface area contributed by atoms with Gasteiger partial charge in [0.1, 0.15) is 11.6 Å². The third-order valence-corrected chi connectivity index (χ3v) is 7.36. The van der Waals surface area contributed by atoms with Gasteiger partial charge in [0.05, 0.1) is 18.0 Å². The molecule has 0 amide bonds. The van der Waals surface area contributed by atoms with Crippen LogP contribution in [0.5, 0.6) is 0 Å². The van der Waals surface area contributed by atoms with E-state index in [9.17, 15) is 8.42 Å². The second-order valence-electron chi connectivity index (χ2n) is 7.02. The van der Waals surface area contributed by atoms with Crippen molar-refractivity contribution in [2.24, 2.45) is 0 Å². The molecule has 0 saturated carbocycles. The van der Waals surface area contributed by atoms with Crippen LogP contribution in [-0.4, -0.2) is 54.2 Å². The number of methoxy groups -OCH3 is 1. The quantitative estimate of drug-likeness (QED) is 0.778. The molecule has 0 aliphatic carbocycles. The standard InChI is InChI=1S/C18H25N5O3S.ClH/c1-26-13-15-4-2-3-5-16(15)27(24,25)22-9-6-14(7-10-22)18-21-20-17-12-19-8-11-23(17)18;/h2-5,14,19H,6-13H2,1H3;1H. The molecule has 0 atom stereocenters. The smallest absolute Gasteiger partial charge is 0.243 e. The molecule has 2 aliphatic heterocycles. The summed E-state index contributed by atoms with van der Waals surface area (Å²) in [5, 5.41) is 12.0. The lowest BCUT2D eigenvalue weighted by molar-refractivity contribution is 0.182. The van der Waals surface area contributed by atoms with E-state index in [1.54, 1.807) is 29.6 Å². The molecule has 1 aromatic heterocycles. The highest BCUT2D eigenvalue weighted by atomic mass is 35.5. The Morgan fingerprint density at radius 3 is 2.68 bits per heavy atom. The number of ether oxygens (including phenoxy) is 1. The summed E-state index contributed by atoms with van der Waals surface area (Å²) in [6.07, 6.45) is 1.52. The van der Waals surface area contributed by atoms with E-state index < -0.39 is 10.0 Å². The van der Waals surface area contributed by atoms with Gasteiger partial charge in [0.2, 0.25) is 10.0 Å². The molecule has 4 rings (SSSR count). The maximum atomic E-state index is 13.1. The normalized spacial score (nSPS) is 18.5. The van der Waals surface area contributed by atoms with Crippen LogP contribution in [0.3, 0.4) is 0 Å². The number of nitrogens with zero attached hydrogens (tertiary/aromatic N) is 4. The molecule has 0 bridgehead atoms. The summed E-state index contributed by atoms with van der Waals surface area (Å²) in [5.74, 6) is 2.23. The van der Waals surface area contributed by atoms with Crippen molar-refractivity contribution in [2.75, 3.05) is 26.7 Å². The van der Waals surface area contributed by atoms with E-state index in [4.69, 9.17) is 4.74 Å². The van der Waals surface area contributed by atoms with Gasteiger partial charge in [-0.05, 0) is 24.5 Å². The lowest BCUT2D eigenvalue weighted by Gasteiger charge is -2.31. The van der Waals surface area contributed by atoms with Gasteiger partial charge in [-0.15, -0.1) is 22.6 Å². The van der Waals surface area contributed by atoms with Gasteiger partial charge >= 0.3 is 0 Å². The van der Waals surface area contributed by atoms with E-state index in [0.717, 1.165) is 44.1 Å². The molecular weight excluding hydrogens is 402 g/mol. The highest BCUT2D eigenvalue weighted by Crippen LogP contribution is 2.31. The number of hydrogen-bond donors (Lipinski definition) is 1. The SMILES string of the molecule is COCc1ccccc1S(=O)(=O)N1CCC(c2nnc3n2CCNC3)CC1.Cl. The molecule has 0 radical (unpaired) electrons. The van der Waals surface area contributed by atoms with Gasteiger partial charge in [0.25, 0.3) is 0 Å². The Bertz CT molecular complexity index is 910. The fraction of sp³-hybridized carbons (Fsp3) is 0.556. The molecule has 28 heavy (non-hydrogen) atoms. The van der Waals surface area contributed by atoms with Crippen LogP contribution in [0.25, 0.3) is 0 Å². The van der Waals surface area contributed by atoms with Gasteiger partial charge < -0.3 is 14.6 Å². The molecule has 1 fully saturated rings. The monoisotopic (exact) mass is 427 g/mol. The Morgan fingerprint density at radius 1 is 1.18 bits per heavy atom. The number of aromatic nitrogens is 3. The average Bonchev–Trinajstić information content (AvgIpc) is 3.13. The zero-order valence-electron chi connectivity index (χ0n) is 15.9. The number of nitrogens with one attached hydrogen (secondary N) is 1. The van der Waals surface area contributed by atoms with Crippen LogP contribution in [0.15, 0.2) is 29.2 Å². The lowest BCUT2D eigenvalue weighted by Crippen LogP contribution is -2.39. The molecule has 154 valence electrons. The van der Waals surface area contributed by atoms with Crippen molar-refractivity contribution in [1.82, 2.24) is 24.4 Å². The Morgan fingerprint density at radius 2 is 1.93 bits per heavy atom. The minimum absolute atomic E-state index is 0. The van der Waals surface area contributed by atoms with Crippen LogP contribution in [0.1, 0.15) is 36.0 Å². The minimum atomic E-state index is -3.52. The topological polar surface area (TPSA) is 89.4 Å². The summed E-state index contributed by atoms with van der Waals surface area (Å²) in [6, 6.07) is 7.07. The molecule has 3 heterocycles. The Labute approximate surface area is 171 Å². The Hall–Kier alpha value is -1.52. The van der Waals surface area contributed by atoms with Gasteiger partial charge in [-0.25, -0.2) is 8.42 Å². The van der Waals surface area contributed by atoms with Gasteiger partial charge in [-0.1, -0.05) is 18.2 Å². The first-order chi connectivity index (χ1) is 13.1. The Kier molecular flexibility index (Phi) is 6.72. The summed E-state index contributed by atoms with van der Waals surface area (Å²) in [4.78, 5) is 0.344. The Balaban J connectivity index is 0.00000225. The summed E-state index contributed by atoms with van der Waals surface area (Å²) >= 11 is 0. The molecule has 0 unspecified atom stereocenters. The van der Waals surface area contributed by atoms with Crippen LogP contribution in [0.2, 0.25) is 0 Å². The van der Waals surface area contributed by atoms with E-state index in [0.29, 0.717) is 23.5 Å². The highest BCUT2D eigenvalue weighted by molar-refractivity contribution is 7.89. The summed E-state index contributed by atoms with van der Waals surface area (Å²) in [7, 11) is -1.95. The molecular formula is C18H26ClN5O3S. The molecule has 10 heteroatoms. The predicted molar refractivity (Wildman–Crippen MR) is 107 cm³/mol. The van der Waals surface area contributed by atoms with Gasteiger partial charge in [-0.2, -0.15) is 4.31 Å². The second-order valence-corrected chi connectivity index (χ2v) is 8.93. The van der Waals surface area contributed by atoms with Gasteiger partial charge in [0.15, 0.2) is 0 Å². The van der Waals surface area contributed by atoms with Gasteiger partial charge in [0, 0.05) is 39.2 Å². The third kappa shape index (κ3) is 3.95. The van der Waals surface area contributed by atoms with E-state index >= 15 is 0 Å². The number of sulfonamides is 1. The molecule has 0 spiro atoms. The maximum absolute atomic E-state index is 13.1. The first-order valence-electron chi connectivity index (χ1n) is 9.31. The molecule has 2 aliphatic rings. The number of rotatable bonds is 5. The number of piperidine rings is 1. The van der Waals surface area contributed by atoms with E-state index in [1.807, 2.05) is 6.07 Å². The number of hydrogen-bond acceptors (Lipinski definition) is 6. The first-order valence-corrected chi connectivity index (χ1v) is 10.7. The lowest BCUT2D eigenvalue weighted by atomic mass is 9.97. The average molecular weight is 428 g/mol. The summed E-state index contributed by atoms with van der Waals surface area (Å²) in [6.45, 7) is 3.81. The van der Waals surface area contributed by atoms with Crippen LogP contribution >= 0.6 is 12.4 Å². The third-order valence-electron chi connectivity index (χ3n) is 5.36. The fourth-order valence-electron chi connectivity index (χ4n) is 3.94. The van der Waals surface area contributed by atoms with Crippen molar-refractivity contribution in [3.05, 3.63) is 41.5 Å². The van der Waals surface area contributed by atoms with Crippen molar-refractivity contribution in [2.45, 2.75) is 43.4 Å². The molecule has 1 N–H and O–H groups in total. The van der Waals surface area contributed by atoms with Crippen molar-refractivity contribution in [1.29, 1.82) is 0 Å². The minimum Gasteiger partial charge on any atom is -0.380 e. The first kappa shape index (κ1) is 21.2. The van der Waals surface area contributed by atoms with E-state index in [2.05, 4.69) is 20.1 Å². The van der Waals surface area contributed by atoms with Crippen LogP contribution < -0.4 is 5.32 Å². The molecule has 1 aromatic carbocycles. The number of benzene rings is 1.